The van der Waals surface area contributed by atoms with Crippen molar-refractivity contribution in [1.29, 1.82) is 0 Å². The van der Waals surface area contributed by atoms with Crippen LogP contribution in [0.5, 0.6) is 5.75 Å². The molecule has 1 unspecified atom stereocenters. The van der Waals surface area contributed by atoms with Gasteiger partial charge in [-0.25, -0.2) is 0 Å². The normalized spacial score (nSPS) is 11.7. The van der Waals surface area contributed by atoms with E-state index in [1.165, 1.54) is 6.92 Å². The Morgan fingerprint density at radius 2 is 1.94 bits per heavy atom. The van der Waals surface area contributed by atoms with Crippen molar-refractivity contribution in [2.24, 2.45) is 5.92 Å². The molecule has 0 spiro atoms. The van der Waals surface area contributed by atoms with E-state index in [2.05, 4.69) is 0 Å². The highest BCUT2D eigenvalue weighted by atomic mass is 16.5. The highest BCUT2D eigenvalue weighted by Gasteiger charge is 2.26. The van der Waals surface area contributed by atoms with Gasteiger partial charge in [0.1, 0.15) is 17.5 Å². The van der Waals surface area contributed by atoms with Crippen molar-refractivity contribution in [2.75, 3.05) is 13.7 Å². The van der Waals surface area contributed by atoms with Gasteiger partial charge in [0.2, 0.25) is 0 Å². The molecule has 0 N–H and O–H groups in total. The summed E-state index contributed by atoms with van der Waals surface area (Å²) in [7, 11) is 1.56. The van der Waals surface area contributed by atoms with Gasteiger partial charge in [-0.15, -0.1) is 0 Å². The molecule has 1 aromatic carbocycles. The van der Waals surface area contributed by atoms with E-state index in [1.54, 1.807) is 20.1 Å². The van der Waals surface area contributed by atoms with E-state index in [4.69, 9.17) is 9.47 Å². The number of methoxy groups -OCH3 is 1. The van der Waals surface area contributed by atoms with Crippen molar-refractivity contribution in [3.05, 3.63) is 29.8 Å². The molecule has 0 aliphatic heterocycles. The Labute approximate surface area is 107 Å². The first kappa shape index (κ1) is 14.2. The summed E-state index contributed by atoms with van der Waals surface area (Å²) in [6.07, 6.45) is 0.304. The van der Waals surface area contributed by atoms with Gasteiger partial charge in [-0.2, -0.15) is 0 Å². The average molecular weight is 250 g/mol. The van der Waals surface area contributed by atoms with Crippen LogP contribution in [0.2, 0.25) is 0 Å². The Morgan fingerprint density at radius 3 is 2.50 bits per heavy atom. The zero-order valence-electron chi connectivity index (χ0n) is 10.9. The second-order valence-corrected chi connectivity index (χ2v) is 3.93. The van der Waals surface area contributed by atoms with Crippen molar-refractivity contribution in [1.82, 2.24) is 0 Å². The zero-order valence-corrected chi connectivity index (χ0v) is 10.9. The highest BCUT2D eigenvalue weighted by Crippen LogP contribution is 2.22. The molecule has 4 nitrogen and oxygen atoms in total. The molecular weight excluding hydrogens is 232 g/mol. The minimum Gasteiger partial charge on any atom is -0.496 e. The summed E-state index contributed by atoms with van der Waals surface area (Å²) in [6, 6.07) is 7.33. The number of ether oxygens (including phenoxy) is 2. The fraction of sp³-hybridized carbons (Fsp3) is 0.429. The number of esters is 1. The third-order valence-corrected chi connectivity index (χ3v) is 2.68. The molecule has 0 aliphatic rings. The van der Waals surface area contributed by atoms with Crippen molar-refractivity contribution in [3.8, 4) is 5.75 Å². The molecule has 1 aromatic rings. The first-order chi connectivity index (χ1) is 8.60. The number of hydrogen-bond donors (Lipinski definition) is 0. The van der Waals surface area contributed by atoms with Gasteiger partial charge in [-0.3, -0.25) is 9.59 Å². The lowest BCUT2D eigenvalue weighted by atomic mass is 9.95. The molecule has 0 radical (unpaired) electrons. The Hall–Kier alpha value is -1.84. The van der Waals surface area contributed by atoms with E-state index in [1.807, 2.05) is 18.2 Å². The van der Waals surface area contributed by atoms with Crippen LogP contribution in [0.25, 0.3) is 0 Å². The number of carbonyl (C=O) groups excluding carboxylic acids is 2. The first-order valence-electron chi connectivity index (χ1n) is 5.89. The molecule has 0 amide bonds. The lowest BCUT2D eigenvalue weighted by Crippen LogP contribution is -2.26. The Bertz CT molecular complexity index is 426. The van der Waals surface area contributed by atoms with Gasteiger partial charge < -0.3 is 9.47 Å². The zero-order chi connectivity index (χ0) is 13.5. The molecule has 0 bridgehead atoms. The van der Waals surface area contributed by atoms with E-state index in [0.717, 1.165) is 5.56 Å². The minimum atomic E-state index is -0.763. The molecule has 18 heavy (non-hydrogen) atoms. The van der Waals surface area contributed by atoms with Crippen molar-refractivity contribution < 1.29 is 19.1 Å². The van der Waals surface area contributed by atoms with Crippen LogP contribution in [0.1, 0.15) is 19.4 Å². The van der Waals surface area contributed by atoms with Crippen molar-refractivity contribution in [3.63, 3.8) is 0 Å². The summed E-state index contributed by atoms with van der Waals surface area (Å²) < 4.78 is 10.1. The van der Waals surface area contributed by atoms with Gasteiger partial charge in [-0.05, 0) is 31.9 Å². The van der Waals surface area contributed by atoms with Crippen LogP contribution in [-0.4, -0.2) is 25.5 Å². The number of carbonyl (C=O) groups is 2. The molecule has 0 aromatic heterocycles. The predicted molar refractivity (Wildman–Crippen MR) is 67.5 cm³/mol. The van der Waals surface area contributed by atoms with Crippen LogP contribution in [0.4, 0.5) is 0 Å². The number of hydrogen-bond acceptors (Lipinski definition) is 4. The fourth-order valence-electron chi connectivity index (χ4n) is 1.73. The average Bonchev–Trinajstić information content (AvgIpc) is 2.36. The number of rotatable bonds is 6. The van der Waals surface area contributed by atoms with E-state index in [0.29, 0.717) is 12.2 Å². The van der Waals surface area contributed by atoms with Crippen LogP contribution in [0.3, 0.4) is 0 Å². The minimum absolute atomic E-state index is 0.195. The second kappa shape index (κ2) is 6.79. The third kappa shape index (κ3) is 3.58. The van der Waals surface area contributed by atoms with Gasteiger partial charge in [0.15, 0.2) is 0 Å². The van der Waals surface area contributed by atoms with Crippen LogP contribution < -0.4 is 4.74 Å². The molecule has 98 valence electrons. The summed E-state index contributed by atoms with van der Waals surface area (Å²) in [5.41, 5.74) is 0.827. The van der Waals surface area contributed by atoms with Gasteiger partial charge in [0.05, 0.1) is 13.7 Å². The maximum Gasteiger partial charge on any atom is 0.316 e. The topological polar surface area (TPSA) is 52.6 Å². The number of benzene rings is 1. The van der Waals surface area contributed by atoms with E-state index in [9.17, 15) is 9.59 Å². The van der Waals surface area contributed by atoms with Gasteiger partial charge in [0, 0.05) is 0 Å². The Kier molecular flexibility index (Phi) is 5.36. The van der Waals surface area contributed by atoms with Gasteiger partial charge in [0.25, 0.3) is 0 Å². The molecule has 1 rings (SSSR count). The van der Waals surface area contributed by atoms with Crippen LogP contribution in [0.15, 0.2) is 24.3 Å². The summed E-state index contributed by atoms with van der Waals surface area (Å²) in [5, 5.41) is 0. The third-order valence-electron chi connectivity index (χ3n) is 2.68. The maximum atomic E-state index is 11.7. The standard InChI is InChI=1S/C14H18O4/c1-4-18-14(16)12(10(2)15)9-11-7-5-6-8-13(11)17-3/h5-8,12H,4,9H2,1-3H3. The lowest BCUT2D eigenvalue weighted by Gasteiger charge is -2.14. The monoisotopic (exact) mass is 250 g/mol. The van der Waals surface area contributed by atoms with Crippen LogP contribution >= 0.6 is 0 Å². The summed E-state index contributed by atoms with van der Waals surface area (Å²) in [5.74, 6) is -0.760. The number of ketones is 1. The SMILES string of the molecule is CCOC(=O)C(Cc1ccccc1OC)C(C)=O. The van der Waals surface area contributed by atoms with E-state index in [-0.39, 0.29) is 12.4 Å². The number of para-hydroxylation sites is 1. The molecule has 1 atom stereocenters. The summed E-state index contributed by atoms with van der Waals surface area (Å²) in [4.78, 5) is 23.2. The molecule has 0 heterocycles. The molecular formula is C14H18O4. The predicted octanol–water partition coefficient (Wildman–Crippen LogP) is 2.01. The van der Waals surface area contributed by atoms with Gasteiger partial charge in [-0.1, -0.05) is 18.2 Å². The van der Waals surface area contributed by atoms with Crippen LogP contribution in [0, 0.1) is 5.92 Å². The largest absolute Gasteiger partial charge is 0.496 e. The maximum absolute atomic E-state index is 11.7. The van der Waals surface area contributed by atoms with E-state index >= 15 is 0 Å². The lowest BCUT2D eigenvalue weighted by molar-refractivity contribution is -0.151. The molecule has 4 heteroatoms. The molecule has 0 saturated heterocycles. The smallest absolute Gasteiger partial charge is 0.316 e. The second-order valence-electron chi connectivity index (χ2n) is 3.93. The Balaban J connectivity index is 2.90. The van der Waals surface area contributed by atoms with Gasteiger partial charge >= 0.3 is 5.97 Å². The molecule has 0 saturated carbocycles. The Morgan fingerprint density at radius 1 is 1.28 bits per heavy atom. The van der Waals surface area contributed by atoms with Crippen molar-refractivity contribution in [2.45, 2.75) is 20.3 Å². The molecule has 0 aliphatic carbocycles. The molecule has 0 fully saturated rings. The fourth-order valence-corrected chi connectivity index (χ4v) is 1.73. The van der Waals surface area contributed by atoms with E-state index < -0.39 is 11.9 Å². The summed E-state index contributed by atoms with van der Waals surface area (Å²) >= 11 is 0. The first-order valence-corrected chi connectivity index (χ1v) is 5.89. The summed E-state index contributed by atoms with van der Waals surface area (Å²) in [6.45, 7) is 3.39. The highest BCUT2D eigenvalue weighted by molar-refractivity contribution is 5.98. The van der Waals surface area contributed by atoms with Crippen molar-refractivity contribution >= 4 is 11.8 Å². The number of Topliss-reactive ketones (excluding diaryl/α,β-unsaturated/α-hetero) is 1. The quantitative estimate of drug-likeness (QED) is 0.572. The van der Waals surface area contributed by atoms with Crippen LogP contribution in [-0.2, 0) is 20.7 Å².